The fourth-order valence-electron chi connectivity index (χ4n) is 10.8. The van der Waals surface area contributed by atoms with Gasteiger partial charge in [0.2, 0.25) is 0 Å². The highest BCUT2D eigenvalue weighted by molar-refractivity contribution is 7.16. The van der Waals surface area contributed by atoms with Crippen LogP contribution in [0, 0.1) is 0 Å². The van der Waals surface area contributed by atoms with Gasteiger partial charge in [-0.3, -0.25) is 29.9 Å². The zero-order valence-electron chi connectivity index (χ0n) is 75.2. The summed E-state index contributed by atoms with van der Waals surface area (Å²) in [7, 11) is 0. The molecule has 6 N–H and O–H groups in total. The molecule has 0 radical (unpaired) electrons. The second-order valence-electron chi connectivity index (χ2n) is 26.7. The largest absolute Gasteiger partial charge is 0.452 e. The maximum Gasteiger partial charge on any atom is 0.181 e. The van der Waals surface area contributed by atoms with Crippen molar-refractivity contribution in [3.8, 4) is 0 Å². The first-order chi connectivity index (χ1) is 69.2. The zero-order valence-corrected chi connectivity index (χ0v) is 77.7. The van der Waals surface area contributed by atoms with Crippen LogP contribution in [0.1, 0.15) is 0 Å². The second-order valence-corrected chi connectivity index (χ2v) is 29.2. The number of H-pyrrole nitrogens is 6. The van der Waals surface area contributed by atoms with Crippen molar-refractivity contribution in [1.29, 1.82) is 0 Å². The molecular weight excluding hydrogens is 1790 g/mol. The molecule has 688 valence electrons. The molecule has 0 unspecified atom stereocenters. The van der Waals surface area contributed by atoms with Crippen molar-refractivity contribution in [3.63, 3.8) is 0 Å². The molecule has 0 aliphatic heterocycles. The minimum Gasteiger partial charge on any atom is -0.452 e. The normalized spacial score (nSPS) is 9.29. The zero-order chi connectivity index (χ0) is 96.0. The monoisotopic (exact) mass is 1880 g/mol. The van der Waals surface area contributed by atoms with E-state index in [1.807, 2.05) is 320 Å². The molecule has 0 saturated carbocycles. The third-order valence-electron chi connectivity index (χ3n) is 17.1. The van der Waals surface area contributed by atoms with Gasteiger partial charge in [0.25, 0.3) is 0 Å². The number of pyridine rings is 5. The minimum absolute atomic E-state index is 0.713. The summed E-state index contributed by atoms with van der Waals surface area (Å²) in [5, 5.41) is 12.2. The Labute approximate surface area is 814 Å². The lowest BCUT2D eigenvalue weighted by Gasteiger charge is -1.92. The first-order valence-corrected chi connectivity index (χ1v) is 45.7. The van der Waals surface area contributed by atoms with E-state index in [1.54, 1.807) is 158 Å². The number of rotatable bonds is 0. The van der Waals surface area contributed by atoms with Gasteiger partial charge in [0.1, 0.15) is 30.0 Å². The van der Waals surface area contributed by atoms with Crippen molar-refractivity contribution >= 4 is 132 Å². The van der Waals surface area contributed by atoms with Crippen LogP contribution in [0.15, 0.2) is 569 Å². The summed E-state index contributed by atoms with van der Waals surface area (Å²) in [5.74, 6) is 0. The predicted octanol–water partition coefficient (Wildman–Crippen LogP) is 26.9. The fourth-order valence-corrected chi connectivity index (χ4v) is 12.2. The molecular formula is C110H98N24O2S3. The minimum atomic E-state index is 0.713. The molecule has 0 aliphatic rings. The van der Waals surface area contributed by atoms with Gasteiger partial charge in [0, 0.05) is 139 Å². The molecule has 0 spiro atoms. The van der Waals surface area contributed by atoms with Crippen LogP contribution in [-0.4, -0.2) is 120 Å². The highest BCUT2D eigenvalue weighted by Gasteiger charge is 1.96. The molecule has 29 heteroatoms. The van der Waals surface area contributed by atoms with Gasteiger partial charge in [-0.2, -0.15) is 11.3 Å². The van der Waals surface area contributed by atoms with Crippen molar-refractivity contribution in [3.05, 3.63) is 560 Å². The third-order valence-corrected chi connectivity index (χ3v) is 19.0. The van der Waals surface area contributed by atoms with Gasteiger partial charge in [-0.05, 0) is 179 Å². The Morgan fingerprint density at radius 2 is 0.741 bits per heavy atom. The lowest BCUT2D eigenvalue weighted by Crippen LogP contribution is -1.78. The number of oxazole rings is 2. The summed E-state index contributed by atoms with van der Waals surface area (Å²) in [6.07, 6.45) is 49.3. The number of aromatic amines is 6. The van der Waals surface area contributed by atoms with Crippen molar-refractivity contribution in [2.45, 2.75) is 0 Å². The molecule has 0 aliphatic carbocycles. The number of hydrogen-bond acceptors (Lipinski definition) is 23. The number of nitrogens with one attached hydrogen (secondary N) is 6. The van der Waals surface area contributed by atoms with Crippen LogP contribution in [0.4, 0.5) is 0 Å². The van der Waals surface area contributed by atoms with E-state index in [9.17, 15) is 0 Å². The maximum atomic E-state index is 5.01. The van der Waals surface area contributed by atoms with Crippen LogP contribution in [0.2, 0.25) is 0 Å². The number of thiophene rings is 1. The summed E-state index contributed by atoms with van der Waals surface area (Å²) < 4.78 is 10.7. The smallest absolute Gasteiger partial charge is 0.181 e. The summed E-state index contributed by atoms with van der Waals surface area (Å²) in [6, 6.07) is 115. The summed E-state index contributed by atoms with van der Waals surface area (Å²) in [6.45, 7) is 0. The van der Waals surface area contributed by atoms with E-state index in [0.717, 1.165) is 60.8 Å². The number of benzene rings is 9. The summed E-state index contributed by atoms with van der Waals surface area (Å²) in [5.41, 5.74) is 15.2. The van der Waals surface area contributed by atoms with Crippen LogP contribution in [-0.2, 0) is 0 Å². The number of nitrogens with zero attached hydrogens (tertiary/aromatic N) is 18. The summed E-state index contributed by atoms with van der Waals surface area (Å²) in [4.78, 5) is 87.7. The van der Waals surface area contributed by atoms with Gasteiger partial charge in [0.05, 0.1) is 80.2 Å². The molecule has 28 aromatic rings. The number of imidazole rings is 3. The molecule has 26 nitrogen and oxygen atoms in total. The molecule has 0 atom stereocenters. The number of para-hydroxylation sites is 9. The third kappa shape index (κ3) is 44.3. The van der Waals surface area contributed by atoms with Crippen molar-refractivity contribution in [1.82, 2.24) is 120 Å². The van der Waals surface area contributed by atoms with Crippen molar-refractivity contribution in [2.24, 2.45) is 0 Å². The average molecular weight is 1880 g/mol. The standard InChI is InChI=1S/C10H8.C9H7N.2C8H6N2.C8H7N.C7H6N2.C7H5NO.C7H5NS.C6H6.C5H4N4.2C5H5N.C4H4N2.2C4H5N.C4H4S.C3H4N2.C3H3NO.C3H3NS/c1-2-6-10-8-4-3-7-9(10)5-1;1-2-6-9-8(4-1)5-3-7-10-9;1-3-7-4-2-6-10-8(7)9-5-1;1-2-4-8-7(3-1)9-5-6-10-8;1-2-4-8-7(3-1)5-6-9-8;3*1-2-4-7-6(3-1)8-5-9-7;1-2-4-6-5-3-1;1-4-5(8-2-6-1)9-3-7-4;2*1-2-4-6-5-3-1;1-2-5-4-6-3-1;3*1-2-4-5-3-1;3*1-2-5-3-4-1/h1-8H;1-7H;2*1-6H;1-6,9H;1-5H,(H,8,9);2*1-5H;1-6H;1-3H,(H,6,7,8,9);2*1-5H;1-4H;2*1-5H;1-4H;1-3H,(H,4,5);2*1-3H. The quantitative estimate of drug-likeness (QED) is 0.0821. The van der Waals surface area contributed by atoms with Crippen molar-refractivity contribution < 1.29 is 8.83 Å². The SMILES string of the molecule is c1c[nH]cn1.c1cc[nH]c1.c1cc[nH]c1.c1ccc2[nH]ccc2c1.c1ccc2[nH]cnc2c1.c1ccc2ccccc2c1.c1ccc2ncccc2c1.c1ccc2nccnc2c1.c1ccc2ocnc2c1.c1ccc2scnc2c1.c1ccccc1.c1ccncc1.c1ccncc1.c1ccsc1.c1cnc2ncccc2c1.c1cncnc1.c1cocn1.c1cscn1.c1ncc2[nH]cnc2n1. The molecule has 28 rings (SSSR count). The lowest BCUT2D eigenvalue weighted by atomic mass is 10.1. The van der Waals surface area contributed by atoms with Gasteiger partial charge >= 0.3 is 0 Å². The van der Waals surface area contributed by atoms with Crippen LogP contribution < -0.4 is 0 Å². The van der Waals surface area contributed by atoms with Crippen LogP contribution in [0.5, 0.6) is 0 Å². The van der Waals surface area contributed by atoms with E-state index in [2.05, 4.69) is 209 Å². The Bertz CT molecular complexity index is 5910. The number of aromatic nitrogens is 24. The molecule has 19 heterocycles. The molecule has 0 saturated heterocycles. The van der Waals surface area contributed by atoms with Crippen LogP contribution in [0.25, 0.3) is 98.2 Å². The van der Waals surface area contributed by atoms with E-state index in [4.69, 9.17) is 4.42 Å². The average Bonchev–Trinajstić information content (AvgIpc) is 1.64. The Hall–Kier alpha value is -18.8. The number of hydrogen-bond donors (Lipinski definition) is 6. The van der Waals surface area contributed by atoms with E-state index in [1.165, 1.54) is 63.5 Å². The number of fused-ring (bicyclic) bond motifs is 9. The van der Waals surface area contributed by atoms with Gasteiger partial charge in [-0.1, -0.05) is 200 Å². The van der Waals surface area contributed by atoms with E-state index in [0.29, 0.717) is 5.65 Å². The fraction of sp³-hybridized carbons (Fsp3) is 0. The molecule has 139 heavy (non-hydrogen) atoms. The Morgan fingerprint density at radius 1 is 0.223 bits per heavy atom. The molecule has 0 bridgehead atoms. The van der Waals surface area contributed by atoms with E-state index >= 15 is 0 Å². The van der Waals surface area contributed by atoms with Gasteiger partial charge in [0.15, 0.2) is 29.7 Å². The predicted molar refractivity (Wildman–Crippen MR) is 565 cm³/mol. The molecule has 0 fully saturated rings. The van der Waals surface area contributed by atoms with E-state index in [-0.39, 0.29) is 0 Å². The first kappa shape index (κ1) is 102. The summed E-state index contributed by atoms with van der Waals surface area (Å²) >= 11 is 4.99. The molecule has 19 aromatic heterocycles. The topological polar surface area (TPSA) is 353 Å². The van der Waals surface area contributed by atoms with E-state index < -0.39 is 0 Å². The van der Waals surface area contributed by atoms with Gasteiger partial charge in [-0.15, -0.1) is 22.7 Å². The van der Waals surface area contributed by atoms with Crippen molar-refractivity contribution in [2.75, 3.05) is 0 Å². The molecule has 0 amide bonds. The Balaban J connectivity index is 0.000000152. The maximum absolute atomic E-state index is 5.01. The Morgan fingerprint density at radius 3 is 1.19 bits per heavy atom. The number of thiazole rings is 2. The lowest BCUT2D eigenvalue weighted by molar-refractivity contribution is 0.558. The highest BCUT2D eigenvalue weighted by atomic mass is 32.1. The first-order valence-electron chi connectivity index (χ1n) is 42.9. The molecule has 9 aromatic carbocycles. The van der Waals surface area contributed by atoms with Gasteiger partial charge in [-0.25, -0.2) is 59.8 Å². The van der Waals surface area contributed by atoms with Gasteiger partial charge < -0.3 is 38.7 Å². The second kappa shape index (κ2) is 68.2. The highest BCUT2D eigenvalue weighted by Crippen LogP contribution is 2.17. The van der Waals surface area contributed by atoms with Crippen LogP contribution >= 0.6 is 34.0 Å². The van der Waals surface area contributed by atoms with Crippen LogP contribution in [0.3, 0.4) is 0 Å². The Kier molecular flexibility index (Phi) is 50.2.